The van der Waals surface area contributed by atoms with Crippen LogP contribution in [0, 0.1) is 17.8 Å². The van der Waals surface area contributed by atoms with Gasteiger partial charge in [-0.1, -0.05) is 104 Å². The summed E-state index contributed by atoms with van der Waals surface area (Å²) in [7, 11) is 0. The van der Waals surface area contributed by atoms with Gasteiger partial charge in [-0.2, -0.15) is 0 Å². The zero-order valence-electron chi connectivity index (χ0n) is 36.6. The first-order valence-corrected chi connectivity index (χ1v) is 23.2. The van der Waals surface area contributed by atoms with Crippen LogP contribution in [0.1, 0.15) is 90.1 Å². The van der Waals surface area contributed by atoms with Crippen molar-refractivity contribution in [1.82, 2.24) is 14.7 Å². The molecule has 0 bridgehead atoms. The molecule has 3 saturated heterocycles. The molecule has 3 N–H and O–H groups in total. The monoisotopic (exact) mass is 884 g/mol. The number of cyclic esters (lactones) is 1. The fraction of sp³-hybridized carbons (Fsp3) is 0.352. The molecule has 0 unspecified atom stereocenters. The minimum Gasteiger partial charge on any atom is -0.508 e. The molecule has 4 fully saturated rings. The van der Waals surface area contributed by atoms with Crippen LogP contribution in [-0.2, 0) is 31.1 Å². The number of benzene rings is 5. The summed E-state index contributed by atoms with van der Waals surface area (Å²) in [4.78, 5) is 53.1. The number of carbonyl (C=O) groups excluding carboxylic acids is 3. The average molecular weight is 885 g/mol. The Kier molecular flexibility index (Phi) is 10.8. The van der Waals surface area contributed by atoms with Crippen LogP contribution in [0.4, 0.5) is 5.69 Å². The summed E-state index contributed by atoms with van der Waals surface area (Å²) < 4.78 is 17.8. The molecule has 5 aromatic carbocycles. The number of esters is 1. The molecule has 6 atom stereocenters. The Balaban J connectivity index is 1.06. The van der Waals surface area contributed by atoms with Gasteiger partial charge in [0.2, 0.25) is 18.6 Å². The molecule has 6 aliphatic rings. The molecular weight excluding hydrogens is 833 g/mol. The van der Waals surface area contributed by atoms with Crippen molar-refractivity contribution in [2.45, 2.75) is 80.3 Å². The number of piperazine rings is 1. The number of hydrogen-bond donors (Lipinski definition) is 3. The van der Waals surface area contributed by atoms with Gasteiger partial charge in [0.1, 0.15) is 28.9 Å². The van der Waals surface area contributed by atoms with E-state index in [1.54, 1.807) is 24.3 Å². The number of phenols is 1. The van der Waals surface area contributed by atoms with Gasteiger partial charge in [0.15, 0.2) is 11.5 Å². The van der Waals surface area contributed by atoms with Crippen LogP contribution in [-0.4, -0.2) is 87.3 Å². The van der Waals surface area contributed by atoms with Crippen LogP contribution >= 0.6 is 0 Å². The van der Waals surface area contributed by atoms with Crippen molar-refractivity contribution in [3.8, 4) is 29.1 Å². The number of carbonyl (C=O) groups is 3. The van der Waals surface area contributed by atoms with Gasteiger partial charge < -0.3 is 34.6 Å². The summed E-state index contributed by atoms with van der Waals surface area (Å²) in [5.74, 6) is 5.40. The Morgan fingerprint density at radius 2 is 1.44 bits per heavy atom. The van der Waals surface area contributed by atoms with E-state index < -0.39 is 53.0 Å². The number of rotatable bonds is 6. The molecule has 0 radical (unpaired) electrons. The highest BCUT2D eigenvalue weighted by Gasteiger charge is 2.74. The van der Waals surface area contributed by atoms with Gasteiger partial charge in [-0.25, -0.2) is 0 Å². The van der Waals surface area contributed by atoms with Gasteiger partial charge in [-0.05, 0) is 96.0 Å². The number of aliphatic hydroxyl groups is 1. The smallest absolute Gasteiger partial charge is 0.324 e. The SMILES string of the molecule is O=C1O[C@@H](c2ccccc2)[C@@H](c2ccccc2)N2[C@@H](c3ccc(O)cc3)[C@]3(C(=O)Nc4ccc(C#CC5(O)CCCCCC5)cc43)[C@@H](C(=O)N3CCN(Cc4ccc5c(c4)OCO5)CC3)[C@H]12. The zero-order chi connectivity index (χ0) is 45.0. The molecule has 0 aromatic heterocycles. The number of aromatic hydroxyl groups is 1. The number of morpholine rings is 1. The molecule has 1 spiro atoms. The number of nitrogens with zero attached hydrogens (tertiary/aromatic N) is 3. The van der Waals surface area contributed by atoms with Crippen LogP contribution in [0.15, 0.2) is 121 Å². The van der Waals surface area contributed by atoms with E-state index in [4.69, 9.17) is 14.2 Å². The molecule has 1 saturated carbocycles. The van der Waals surface area contributed by atoms with Gasteiger partial charge in [0.05, 0.1) is 18.0 Å². The van der Waals surface area contributed by atoms with Crippen molar-refractivity contribution in [3.63, 3.8) is 0 Å². The molecule has 336 valence electrons. The van der Waals surface area contributed by atoms with Crippen molar-refractivity contribution in [2.75, 3.05) is 38.3 Å². The summed E-state index contributed by atoms with van der Waals surface area (Å²) in [6.45, 7) is 2.71. The van der Waals surface area contributed by atoms with E-state index in [1.165, 1.54) is 0 Å². The third kappa shape index (κ3) is 7.26. The molecule has 11 rings (SSSR count). The lowest BCUT2D eigenvalue weighted by Crippen LogP contribution is -2.58. The van der Waals surface area contributed by atoms with E-state index in [0.29, 0.717) is 73.7 Å². The molecule has 5 aliphatic heterocycles. The number of phenolic OH excluding ortho intramolecular Hbond substituents is 1. The normalized spacial score (nSPS) is 26.7. The van der Waals surface area contributed by atoms with Gasteiger partial charge in [-0.15, -0.1) is 0 Å². The Morgan fingerprint density at radius 3 is 2.17 bits per heavy atom. The summed E-state index contributed by atoms with van der Waals surface area (Å²) in [6, 6.07) is 34.9. The summed E-state index contributed by atoms with van der Waals surface area (Å²) in [6.07, 6.45) is 4.25. The van der Waals surface area contributed by atoms with Crippen molar-refractivity contribution < 1.29 is 38.8 Å². The predicted octanol–water partition coefficient (Wildman–Crippen LogP) is 7.17. The predicted molar refractivity (Wildman–Crippen MR) is 245 cm³/mol. The lowest BCUT2D eigenvalue weighted by Gasteiger charge is -2.46. The first kappa shape index (κ1) is 42.0. The Hall–Kier alpha value is -6.65. The van der Waals surface area contributed by atoms with Crippen molar-refractivity contribution >= 4 is 23.5 Å². The van der Waals surface area contributed by atoms with E-state index in [9.17, 15) is 10.2 Å². The van der Waals surface area contributed by atoms with E-state index >= 15 is 14.4 Å². The highest BCUT2D eigenvalue weighted by atomic mass is 16.7. The molecule has 1 aliphatic carbocycles. The average Bonchev–Trinajstić information content (AvgIpc) is 3.97. The van der Waals surface area contributed by atoms with Crippen LogP contribution in [0.3, 0.4) is 0 Å². The topological polar surface area (TPSA) is 141 Å². The standard InChI is InChI=1S/C54H52N4O8/c59-40-19-17-39(18-20-40)49-54(41-31-35(15-21-42(41)55-52(54)62)23-26-53(63)24-9-1-2-10-25-53)45(50(60)57-29-27-56(28-30-57)33-36-16-22-43-44(32-36)65-34-64-43)47-51(61)66-48(38-13-7-4-8-14-38)46(58(47)49)37-11-5-3-6-12-37/h3-8,11-22,31-32,45-49,59,63H,1-2,9-10,24-25,27-30,33-34H2,(H,55,62)/t45-,46-,47-,48+,49+,54-/m1/s1. The quantitative estimate of drug-likeness (QED) is 0.0914. The van der Waals surface area contributed by atoms with E-state index in [1.807, 2.05) is 102 Å². The van der Waals surface area contributed by atoms with Crippen LogP contribution in [0.5, 0.6) is 17.2 Å². The van der Waals surface area contributed by atoms with Crippen LogP contribution < -0.4 is 14.8 Å². The van der Waals surface area contributed by atoms with Crippen molar-refractivity contribution in [1.29, 1.82) is 0 Å². The maximum absolute atomic E-state index is 16.0. The molecule has 2 amide bonds. The first-order chi connectivity index (χ1) is 32.2. The number of hydrogen-bond acceptors (Lipinski definition) is 10. The third-order valence-corrected chi connectivity index (χ3v) is 14.7. The van der Waals surface area contributed by atoms with Crippen LogP contribution in [0.2, 0.25) is 0 Å². The largest absolute Gasteiger partial charge is 0.508 e. The highest BCUT2D eigenvalue weighted by Crippen LogP contribution is 2.65. The summed E-state index contributed by atoms with van der Waals surface area (Å²) in [5, 5.41) is 25.5. The molecule has 5 aromatic rings. The lowest BCUT2D eigenvalue weighted by molar-refractivity contribution is -0.179. The lowest BCUT2D eigenvalue weighted by atomic mass is 9.65. The summed E-state index contributed by atoms with van der Waals surface area (Å²) >= 11 is 0. The van der Waals surface area contributed by atoms with Gasteiger partial charge in [0.25, 0.3) is 0 Å². The summed E-state index contributed by atoms with van der Waals surface area (Å²) in [5.41, 5.74) is 2.18. The second kappa shape index (κ2) is 17.0. The molecule has 12 nitrogen and oxygen atoms in total. The molecule has 5 heterocycles. The number of nitrogens with one attached hydrogen (secondary N) is 1. The van der Waals surface area contributed by atoms with Crippen molar-refractivity contribution in [3.05, 3.63) is 155 Å². The van der Waals surface area contributed by atoms with E-state index in [-0.39, 0.29) is 18.4 Å². The van der Waals surface area contributed by atoms with Gasteiger partial charge >= 0.3 is 5.97 Å². The van der Waals surface area contributed by atoms with E-state index in [0.717, 1.165) is 48.1 Å². The maximum atomic E-state index is 16.0. The minimum atomic E-state index is -1.69. The fourth-order valence-corrected chi connectivity index (χ4v) is 11.6. The number of fused-ring (bicyclic) bond motifs is 4. The third-order valence-electron chi connectivity index (χ3n) is 14.7. The molecule has 66 heavy (non-hydrogen) atoms. The number of ether oxygens (including phenoxy) is 3. The Bertz CT molecular complexity index is 2720. The second-order valence-electron chi connectivity index (χ2n) is 18.6. The number of amides is 2. The van der Waals surface area contributed by atoms with Gasteiger partial charge in [-0.3, -0.25) is 24.2 Å². The Labute approximate surface area is 384 Å². The molecular formula is C54H52N4O8. The molecule has 12 heteroatoms. The first-order valence-electron chi connectivity index (χ1n) is 23.2. The van der Waals surface area contributed by atoms with Crippen LogP contribution in [0.25, 0.3) is 0 Å². The zero-order valence-corrected chi connectivity index (χ0v) is 36.6. The Morgan fingerprint density at radius 1 is 0.742 bits per heavy atom. The maximum Gasteiger partial charge on any atom is 0.324 e. The van der Waals surface area contributed by atoms with Crippen molar-refractivity contribution in [2.24, 2.45) is 5.92 Å². The fourth-order valence-electron chi connectivity index (χ4n) is 11.6. The van der Waals surface area contributed by atoms with Gasteiger partial charge in [0, 0.05) is 44.0 Å². The van der Waals surface area contributed by atoms with E-state index in [2.05, 4.69) is 27.0 Å². The number of anilines is 1. The second-order valence-corrected chi connectivity index (χ2v) is 18.6. The highest BCUT2D eigenvalue weighted by molar-refractivity contribution is 6.12. The minimum absolute atomic E-state index is 0.0405.